The lowest BCUT2D eigenvalue weighted by Crippen LogP contribution is -2.40. The van der Waals surface area contributed by atoms with Crippen LogP contribution in [0.3, 0.4) is 0 Å². The minimum absolute atomic E-state index is 0.215. The third-order valence-corrected chi connectivity index (χ3v) is 5.06. The molecule has 2 rings (SSSR count). The van der Waals surface area contributed by atoms with E-state index in [-0.39, 0.29) is 13.1 Å². The number of hydrogen-bond donors (Lipinski definition) is 1. The number of rotatable bonds is 9. The summed E-state index contributed by atoms with van der Waals surface area (Å²) in [6.07, 6.45) is 3.06. The fourth-order valence-electron chi connectivity index (χ4n) is 2.40. The van der Waals surface area contributed by atoms with Crippen molar-refractivity contribution in [1.82, 2.24) is 9.73 Å². The number of methoxy groups -OCH3 is 1. The molecule has 0 heterocycles. The van der Waals surface area contributed by atoms with E-state index in [1.54, 1.807) is 19.2 Å². The normalized spacial score (nSPS) is 11.7. The second-order valence-corrected chi connectivity index (χ2v) is 7.85. The third kappa shape index (κ3) is 6.84. The van der Waals surface area contributed by atoms with Gasteiger partial charge in [-0.1, -0.05) is 42.5 Å². The SMILES string of the molecule is COc1ccccc1C=NNC(=O)CN(CCc1ccccc1)S(C)(=O)=O. The van der Waals surface area contributed by atoms with Gasteiger partial charge in [0.15, 0.2) is 0 Å². The Morgan fingerprint density at radius 2 is 1.81 bits per heavy atom. The van der Waals surface area contributed by atoms with Gasteiger partial charge in [0.1, 0.15) is 5.75 Å². The molecular formula is C19H23N3O4S. The van der Waals surface area contributed by atoms with Crippen LogP contribution >= 0.6 is 0 Å². The predicted octanol–water partition coefficient (Wildman–Crippen LogP) is 1.65. The maximum Gasteiger partial charge on any atom is 0.255 e. The van der Waals surface area contributed by atoms with Crippen molar-refractivity contribution < 1.29 is 17.9 Å². The average molecular weight is 389 g/mol. The maximum atomic E-state index is 12.1. The van der Waals surface area contributed by atoms with Crippen LogP contribution in [0.15, 0.2) is 59.7 Å². The number of ether oxygens (including phenoxy) is 1. The summed E-state index contributed by atoms with van der Waals surface area (Å²) in [5, 5.41) is 3.88. The Bertz CT molecular complexity index is 883. The quantitative estimate of drug-likeness (QED) is 0.522. The number of hydrogen-bond acceptors (Lipinski definition) is 5. The number of para-hydroxylation sites is 1. The number of benzene rings is 2. The van der Waals surface area contributed by atoms with Crippen molar-refractivity contribution in [2.24, 2.45) is 5.10 Å². The van der Waals surface area contributed by atoms with Crippen LogP contribution < -0.4 is 10.2 Å². The molecule has 2 aromatic rings. The molecule has 0 aromatic heterocycles. The first-order valence-corrected chi connectivity index (χ1v) is 10.2. The van der Waals surface area contributed by atoms with Crippen LogP contribution in [0.25, 0.3) is 0 Å². The molecule has 1 N–H and O–H groups in total. The van der Waals surface area contributed by atoms with Gasteiger partial charge in [-0.15, -0.1) is 0 Å². The van der Waals surface area contributed by atoms with E-state index in [0.717, 1.165) is 16.1 Å². The molecule has 0 spiro atoms. The summed E-state index contributed by atoms with van der Waals surface area (Å²) >= 11 is 0. The standard InChI is InChI=1S/C19H23N3O4S/c1-26-18-11-7-6-10-17(18)14-20-21-19(23)15-22(27(2,24)25)13-12-16-8-4-3-5-9-16/h3-11,14H,12-13,15H2,1-2H3,(H,21,23). The first-order valence-electron chi connectivity index (χ1n) is 8.34. The second kappa shape index (κ2) is 9.84. The molecule has 8 heteroatoms. The largest absolute Gasteiger partial charge is 0.496 e. The molecule has 2 aromatic carbocycles. The van der Waals surface area contributed by atoms with Crippen LogP contribution in [-0.4, -0.2) is 51.3 Å². The molecule has 144 valence electrons. The van der Waals surface area contributed by atoms with E-state index in [4.69, 9.17) is 4.74 Å². The molecule has 1 amide bonds. The highest BCUT2D eigenvalue weighted by Crippen LogP contribution is 2.14. The smallest absolute Gasteiger partial charge is 0.255 e. The Labute approximate surface area is 159 Å². The first kappa shape index (κ1) is 20.6. The first-order chi connectivity index (χ1) is 12.9. The fourth-order valence-corrected chi connectivity index (χ4v) is 3.18. The van der Waals surface area contributed by atoms with E-state index in [2.05, 4.69) is 10.5 Å². The van der Waals surface area contributed by atoms with Crippen LogP contribution in [0.2, 0.25) is 0 Å². The number of nitrogens with zero attached hydrogens (tertiary/aromatic N) is 2. The van der Waals surface area contributed by atoms with Crippen molar-refractivity contribution in [2.75, 3.05) is 26.5 Å². The summed E-state index contributed by atoms with van der Waals surface area (Å²) in [7, 11) is -1.97. The van der Waals surface area contributed by atoms with Crippen molar-refractivity contribution in [2.45, 2.75) is 6.42 Å². The molecule has 0 aliphatic heterocycles. The predicted molar refractivity (Wildman–Crippen MR) is 105 cm³/mol. The number of amides is 1. The lowest BCUT2D eigenvalue weighted by molar-refractivity contribution is -0.121. The highest BCUT2D eigenvalue weighted by Gasteiger charge is 2.19. The Kier molecular flexibility index (Phi) is 7.51. The molecular weight excluding hydrogens is 366 g/mol. The van der Waals surface area contributed by atoms with Crippen LogP contribution in [0.1, 0.15) is 11.1 Å². The van der Waals surface area contributed by atoms with Crippen molar-refractivity contribution in [3.8, 4) is 5.75 Å². The minimum atomic E-state index is -3.52. The molecule has 0 saturated heterocycles. The van der Waals surface area contributed by atoms with E-state index in [1.165, 1.54) is 6.21 Å². The van der Waals surface area contributed by atoms with Gasteiger partial charge < -0.3 is 4.74 Å². The second-order valence-electron chi connectivity index (χ2n) is 5.87. The number of carbonyl (C=O) groups is 1. The van der Waals surface area contributed by atoms with Crippen LogP contribution in [0.5, 0.6) is 5.75 Å². The van der Waals surface area contributed by atoms with Gasteiger partial charge in [0.25, 0.3) is 5.91 Å². The summed E-state index contributed by atoms with van der Waals surface area (Å²) in [6.45, 7) is -0.0819. The highest BCUT2D eigenvalue weighted by molar-refractivity contribution is 7.88. The highest BCUT2D eigenvalue weighted by atomic mass is 32.2. The van der Waals surface area contributed by atoms with Gasteiger partial charge in [-0.3, -0.25) is 4.79 Å². The maximum absolute atomic E-state index is 12.1. The lowest BCUT2D eigenvalue weighted by atomic mass is 10.1. The Morgan fingerprint density at radius 1 is 1.15 bits per heavy atom. The van der Waals surface area contributed by atoms with Gasteiger partial charge in [-0.25, -0.2) is 13.8 Å². The summed E-state index contributed by atoms with van der Waals surface area (Å²) in [5.41, 5.74) is 4.05. The van der Waals surface area contributed by atoms with Crippen molar-refractivity contribution in [3.63, 3.8) is 0 Å². The van der Waals surface area contributed by atoms with Gasteiger partial charge in [0.2, 0.25) is 10.0 Å². The van der Waals surface area contributed by atoms with Gasteiger partial charge in [-0.2, -0.15) is 9.41 Å². The zero-order valence-electron chi connectivity index (χ0n) is 15.3. The van der Waals surface area contributed by atoms with Crippen molar-refractivity contribution in [3.05, 3.63) is 65.7 Å². The van der Waals surface area contributed by atoms with E-state index in [0.29, 0.717) is 17.7 Å². The minimum Gasteiger partial charge on any atom is -0.496 e. The molecule has 7 nitrogen and oxygen atoms in total. The monoisotopic (exact) mass is 389 g/mol. The Morgan fingerprint density at radius 3 is 2.48 bits per heavy atom. The number of hydrazone groups is 1. The van der Waals surface area contributed by atoms with Gasteiger partial charge in [-0.05, 0) is 24.1 Å². The van der Waals surface area contributed by atoms with Crippen LogP contribution in [-0.2, 0) is 21.2 Å². The number of carbonyl (C=O) groups excluding carboxylic acids is 1. The molecule has 0 unspecified atom stereocenters. The van der Waals surface area contributed by atoms with E-state index >= 15 is 0 Å². The number of nitrogens with one attached hydrogen (secondary N) is 1. The summed E-state index contributed by atoms with van der Waals surface area (Å²) in [4.78, 5) is 12.1. The van der Waals surface area contributed by atoms with Crippen LogP contribution in [0, 0.1) is 0 Å². The van der Waals surface area contributed by atoms with Crippen molar-refractivity contribution in [1.29, 1.82) is 0 Å². The van der Waals surface area contributed by atoms with E-state index < -0.39 is 15.9 Å². The molecule has 0 atom stereocenters. The zero-order valence-corrected chi connectivity index (χ0v) is 16.1. The van der Waals surface area contributed by atoms with Gasteiger partial charge in [0, 0.05) is 12.1 Å². The summed E-state index contributed by atoms with van der Waals surface area (Å²) in [6, 6.07) is 16.7. The molecule has 0 aliphatic carbocycles. The topological polar surface area (TPSA) is 88.1 Å². The Hall–Kier alpha value is -2.71. The van der Waals surface area contributed by atoms with Crippen LogP contribution in [0.4, 0.5) is 0 Å². The molecule has 27 heavy (non-hydrogen) atoms. The molecule has 0 radical (unpaired) electrons. The molecule has 0 bridgehead atoms. The third-order valence-electron chi connectivity index (χ3n) is 3.81. The van der Waals surface area contributed by atoms with Gasteiger partial charge in [0.05, 0.1) is 26.1 Å². The number of sulfonamides is 1. The van der Waals surface area contributed by atoms with Gasteiger partial charge >= 0.3 is 0 Å². The Balaban J connectivity index is 1.94. The zero-order chi connectivity index (χ0) is 19.7. The summed E-state index contributed by atoms with van der Waals surface area (Å²) in [5.74, 6) is 0.107. The van der Waals surface area contributed by atoms with Crippen molar-refractivity contribution >= 4 is 22.1 Å². The average Bonchev–Trinajstić information content (AvgIpc) is 2.65. The molecule has 0 saturated carbocycles. The molecule has 0 aliphatic rings. The van der Waals surface area contributed by atoms with E-state index in [1.807, 2.05) is 42.5 Å². The molecule has 0 fully saturated rings. The van der Waals surface area contributed by atoms with E-state index in [9.17, 15) is 13.2 Å². The fraction of sp³-hybridized carbons (Fsp3) is 0.263. The summed E-state index contributed by atoms with van der Waals surface area (Å²) < 4.78 is 30.2. The lowest BCUT2D eigenvalue weighted by Gasteiger charge is -2.18.